The third-order valence-electron chi connectivity index (χ3n) is 3.68. The zero-order chi connectivity index (χ0) is 12.4. The van der Waals surface area contributed by atoms with Gasteiger partial charge in [0.2, 0.25) is 0 Å². The van der Waals surface area contributed by atoms with Gasteiger partial charge in [0.05, 0.1) is 17.1 Å². The molecule has 1 aromatic carbocycles. The first-order valence-electron chi connectivity index (χ1n) is 6.21. The number of nitrogens with one attached hydrogen (secondary N) is 1. The van der Waals surface area contributed by atoms with Crippen molar-refractivity contribution in [1.29, 1.82) is 0 Å². The monoisotopic (exact) mass is 260 g/mol. The van der Waals surface area contributed by atoms with Crippen molar-refractivity contribution in [3.05, 3.63) is 46.5 Å². The van der Waals surface area contributed by atoms with Gasteiger partial charge in [-0.3, -0.25) is 5.84 Å². The van der Waals surface area contributed by atoms with Crippen LogP contribution in [-0.2, 0) is 0 Å². The lowest BCUT2D eigenvalue weighted by molar-refractivity contribution is 0.419. The summed E-state index contributed by atoms with van der Waals surface area (Å²) in [5, 5.41) is 3.86. The average Bonchev–Trinajstić information content (AvgIpc) is 2.84. The average molecular weight is 260 g/mol. The van der Waals surface area contributed by atoms with Gasteiger partial charge in [-0.05, 0) is 41.4 Å². The maximum absolute atomic E-state index is 5.63. The van der Waals surface area contributed by atoms with Gasteiger partial charge in [-0.25, -0.2) is 5.43 Å². The van der Waals surface area contributed by atoms with Crippen LogP contribution in [0.4, 0.5) is 0 Å². The topological polar surface area (TPSA) is 63.8 Å². The maximum Gasteiger partial charge on any atom is 0.0834 e. The molecule has 1 aliphatic rings. The first-order valence-corrected chi connectivity index (χ1v) is 6.99. The molecule has 0 aliphatic heterocycles. The number of hydrazine groups is 1. The quantitative estimate of drug-likeness (QED) is 0.654. The van der Waals surface area contributed by atoms with Crippen LogP contribution in [0.25, 0.3) is 0 Å². The van der Waals surface area contributed by atoms with Crippen molar-refractivity contribution in [3.63, 3.8) is 0 Å². The molecule has 18 heavy (non-hydrogen) atoms. The second-order valence-electron chi connectivity index (χ2n) is 4.71. The molecule has 2 aromatic rings. The fourth-order valence-corrected chi connectivity index (χ4v) is 2.94. The van der Waals surface area contributed by atoms with Gasteiger partial charge >= 0.3 is 0 Å². The summed E-state index contributed by atoms with van der Waals surface area (Å²) in [7, 11) is 0. The Kier molecular flexibility index (Phi) is 3.36. The minimum Gasteiger partial charge on any atom is -0.271 e. The van der Waals surface area contributed by atoms with Crippen molar-refractivity contribution in [2.24, 2.45) is 5.84 Å². The molecule has 1 saturated carbocycles. The minimum atomic E-state index is -0.0135. The molecule has 1 aromatic heterocycles. The maximum atomic E-state index is 5.63. The lowest BCUT2D eigenvalue weighted by Crippen LogP contribution is -2.28. The fourth-order valence-electron chi connectivity index (χ4n) is 2.35. The lowest BCUT2D eigenvalue weighted by Gasteiger charge is -2.26. The molecule has 1 unspecified atom stereocenters. The third kappa shape index (κ3) is 2.16. The summed E-state index contributed by atoms with van der Waals surface area (Å²) >= 11 is 1.37. The van der Waals surface area contributed by atoms with Crippen molar-refractivity contribution in [2.45, 2.75) is 31.2 Å². The van der Waals surface area contributed by atoms with E-state index in [0.29, 0.717) is 0 Å². The van der Waals surface area contributed by atoms with E-state index < -0.39 is 0 Å². The van der Waals surface area contributed by atoms with E-state index in [9.17, 15) is 0 Å². The van der Waals surface area contributed by atoms with Crippen molar-refractivity contribution < 1.29 is 0 Å². The summed E-state index contributed by atoms with van der Waals surface area (Å²) in [6.07, 6.45) is 5.79. The van der Waals surface area contributed by atoms with Gasteiger partial charge in [0.25, 0.3) is 0 Å². The molecule has 3 N–H and O–H groups in total. The first kappa shape index (κ1) is 11.8. The van der Waals surface area contributed by atoms with E-state index in [1.807, 2.05) is 0 Å². The van der Waals surface area contributed by atoms with Crippen molar-refractivity contribution in [1.82, 2.24) is 15.0 Å². The van der Waals surface area contributed by atoms with Crippen molar-refractivity contribution in [2.75, 3.05) is 0 Å². The molecular weight excluding hydrogens is 244 g/mol. The van der Waals surface area contributed by atoms with E-state index in [0.717, 1.165) is 16.4 Å². The Labute approximate surface area is 110 Å². The molecule has 5 heteroatoms. The van der Waals surface area contributed by atoms with E-state index in [1.165, 1.54) is 36.4 Å². The summed E-state index contributed by atoms with van der Waals surface area (Å²) in [6.45, 7) is 0. The van der Waals surface area contributed by atoms with Gasteiger partial charge in [-0.1, -0.05) is 35.2 Å². The van der Waals surface area contributed by atoms with Crippen molar-refractivity contribution in [3.8, 4) is 0 Å². The molecular formula is C13H16N4S. The fraction of sp³-hybridized carbons (Fsp3) is 0.385. The second-order valence-corrected chi connectivity index (χ2v) is 5.53. The number of hydrogen-bond donors (Lipinski definition) is 2. The van der Waals surface area contributed by atoms with Crippen LogP contribution >= 0.6 is 11.5 Å². The smallest absolute Gasteiger partial charge is 0.0834 e. The highest BCUT2D eigenvalue weighted by atomic mass is 32.1. The van der Waals surface area contributed by atoms with Gasteiger partial charge in [0.15, 0.2) is 0 Å². The second kappa shape index (κ2) is 5.14. The molecule has 0 saturated heterocycles. The van der Waals surface area contributed by atoms with Crippen LogP contribution in [-0.4, -0.2) is 9.59 Å². The van der Waals surface area contributed by atoms with Crippen molar-refractivity contribution >= 4 is 11.5 Å². The van der Waals surface area contributed by atoms with E-state index >= 15 is 0 Å². The number of rotatable bonds is 4. The molecule has 0 spiro atoms. The lowest BCUT2D eigenvalue weighted by atomic mass is 9.80. The van der Waals surface area contributed by atoms with Gasteiger partial charge < -0.3 is 0 Å². The van der Waals surface area contributed by atoms with Gasteiger partial charge in [-0.2, -0.15) is 0 Å². The Hall–Kier alpha value is -1.30. The SMILES string of the molecule is NNC(c1ccc(C2CCC2)cc1)c1cnns1. The normalized spacial score (nSPS) is 17.4. The summed E-state index contributed by atoms with van der Waals surface area (Å²) < 4.78 is 3.88. The predicted octanol–water partition coefficient (Wildman–Crippen LogP) is 2.36. The minimum absolute atomic E-state index is 0.0135. The molecule has 0 radical (unpaired) electrons. The Morgan fingerprint density at radius 3 is 2.56 bits per heavy atom. The highest BCUT2D eigenvalue weighted by Gasteiger charge is 2.20. The summed E-state index contributed by atoms with van der Waals surface area (Å²) in [5.74, 6) is 6.40. The molecule has 1 heterocycles. The Balaban J connectivity index is 1.82. The van der Waals surface area contributed by atoms with Crippen LogP contribution in [0.5, 0.6) is 0 Å². The molecule has 1 atom stereocenters. The third-order valence-corrected chi connectivity index (χ3v) is 4.40. The molecule has 0 bridgehead atoms. The number of benzene rings is 1. The molecule has 0 amide bonds. The van der Waals surface area contributed by atoms with E-state index in [2.05, 4.69) is 39.3 Å². The molecule has 94 valence electrons. The molecule has 1 fully saturated rings. The summed E-state index contributed by atoms with van der Waals surface area (Å²) in [6, 6.07) is 8.73. The number of hydrogen-bond acceptors (Lipinski definition) is 5. The molecule has 3 rings (SSSR count). The number of nitrogens with two attached hydrogens (primary N) is 1. The predicted molar refractivity (Wildman–Crippen MR) is 72.1 cm³/mol. The zero-order valence-corrected chi connectivity index (χ0v) is 10.9. The van der Waals surface area contributed by atoms with Crippen LogP contribution in [0.15, 0.2) is 30.5 Å². The Morgan fingerprint density at radius 1 is 1.28 bits per heavy atom. The van der Waals surface area contributed by atoms with Gasteiger partial charge in [-0.15, -0.1) is 5.10 Å². The number of nitrogens with zero attached hydrogens (tertiary/aromatic N) is 2. The summed E-state index contributed by atoms with van der Waals surface area (Å²) in [5.41, 5.74) is 5.43. The first-order chi connectivity index (χ1) is 8.88. The van der Waals surface area contributed by atoms with Crippen LogP contribution in [0.2, 0.25) is 0 Å². The zero-order valence-electron chi connectivity index (χ0n) is 10.0. The highest BCUT2D eigenvalue weighted by Crippen LogP contribution is 2.36. The van der Waals surface area contributed by atoms with Crippen LogP contribution in [0, 0.1) is 0 Å². The van der Waals surface area contributed by atoms with Crippen LogP contribution in [0.3, 0.4) is 0 Å². The number of aromatic nitrogens is 2. The summed E-state index contributed by atoms with van der Waals surface area (Å²) in [4.78, 5) is 1.04. The van der Waals surface area contributed by atoms with E-state index in [-0.39, 0.29) is 6.04 Å². The standard InChI is InChI=1S/C13H16N4S/c14-16-13(12-8-15-17-18-12)11-6-4-10(5-7-11)9-2-1-3-9/h4-9,13,16H,1-3,14H2. The Morgan fingerprint density at radius 2 is 2.06 bits per heavy atom. The largest absolute Gasteiger partial charge is 0.271 e. The molecule has 1 aliphatic carbocycles. The van der Waals surface area contributed by atoms with E-state index in [1.54, 1.807) is 6.20 Å². The van der Waals surface area contributed by atoms with E-state index in [4.69, 9.17) is 5.84 Å². The van der Waals surface area contributed by atoms with Gasteiger partial charge in [0, 0.05) is 0 Å². The molecule has 4 nitrogen and oxygen atoms in total. The van der Waals surface area contributed by atoms with Crippen LogP contribution < -0.4 is 11.3 Å². The Bertz CT molecular complexity index is 490. The highest BCUT2D eigenvalue weighted by molar-refractivity contribution is 7.05. The van der Waals surface area contributed by atoms with Crippen LogP contribution in [0.1, 0.15) is 47.2 Å². The van der Waals surface area contributed by atoms with Gasteiger partial charge in [0.1, 0.15) is 0 Å².